The van der Waals surface area contributed by atoms with Crippen molar-refractivity contribution in [2.45, 2.75) is 55.2 Å². The molecule has 3 N–H and O–H groups in total. The van der Waals surface area contributed by atoms with Crippen LogP contribution in [0.5, 0.6) is 0 Å². The molecule has 0 radical (unpaired) electrons. The second-order valence-electron chi connectivity index (χ2n) is 7.65. The van der Waals surface area contributed by atoms with Crippen LogP contribution in [0, 0.1) is 5.82 Å². The maximum Gasteiger partial charge on any atom is 0.266 e. The van der Waals surface area contributed by atoms with Gasteiger partial charge in [0.25, 0.3) is 16.4 Å². The SMILES string of the molecule is CN(C[C@H](O)C(F)F)[C@H]1CCCCC1Nc1cc(F)c(S(=O)(=O)Nc2nccs2)cc1Cl. The molecule has 0 bridgehead atoms. The van der Waals surface area contributed by atoms with Crippen LogP contribution in [0.25, 0.3) is 0 Å². The smallest absolute Gasteiger partial charge is 0.266 e. The largest absolute Gasteiger partial charge is 0.386 e. The number of aromatic nitrogens is 1. The van der Waals surface area contributed by atoms with Crippen molar-refractivity contribution in [2.24, 2.45) is 0 Å². The van der Waals surface area contributed by atoms with Gasteiger partial charge in [-0.1, -0.05) is 24.4 Å². The Balaban J connectivity index is 1.78. The molecule has 1 aliphatic carbocycles. The summed E-state index contributed by atoms with van der Waals surface area (Å²) in [4.78, 5) is 4.87. The van der Waals surface area contributed by atoms with Gasteiger partial charge in [-0.2, -0.15) is 0 Å². The van der Waals surface area contributed by atoms with Crippen molar-refractivity contribution in [1.29, 1.82) is 0 Å². The van der Waals surface area contributed by atoms with E-state index in [0.717, 1.165) is 36.3 Å². The summed E-state index contributed by atoms with van der Waals surface area (Å²) in [5, 5.41) is 14.4. The second kappa shape index (κ2) is 10.6. The number of anilines is 2. The van der Waals surface area contributed by atoms with Crippen molar-refractivity contribution in [3.05, 3.63) is 34.5 Å². The number of hydrogen-bond acceptors (Lipinski definition) is 7. The van der Waals surface area contributed by atoms with Gasteiger partial charge in [0.1, 0.15) is 16.8 Å². The number of rotatable bonds is 9. The van der Waals surface area contributed by atoms with E-state index in [1.165, 1.54) is 6.20 Å². The molecule has 1 aromatic heterocycles. The highest BCUT2D eigenvalue weighted by molar-refractivity contribution is 7.93. The lowest BCUT2D eigenvalue weighted by atomic mass is 9.89. The molecular weight excluding hydrogens is 489 g/mol. The quantitative estimate of drug-likeness (QED) is 0.470. The summed E-state index contributed by atoms with van der Waals surface area (Å²) < 4.78 is 67.5. The van der Waals surface area contributed by atoms with E-state index in [1.807, 2.05) is 0 Å². The number of nitrogens with one attached hydrogen (secondary N) is 2. The molecule has 3 atom stereocenters. The zero-order chi connectivity index (χ0) is 23.5. The van der Waals surface area contributed by atoms with Crippen LogP contribution < -0.4 is 10.0 Å². The van der Waals surface area contributed by atoms with Crippen LogP contribution in [0.15, 0.2) is 28.6 Å². The van der Waals surface area contributed by atoms with E-state index in [-0.39, 0.29) is 34.5 Å². The highest BCUT2D eigenvalue weighted by atomic mass is 35.5. The summed E-state index contributed by atoms with van der Waals surface area (Å²) in [7, 11) is -2.58. The summed E-state index contributed by atoms with van der Waals surface area (Å²) in [5.41, 5.74) is 0.206. The maximum atomic E-state index is 14.8. The Morgan fingerprint density at radius 2 is 2.06 bits per heavy atom. The fourth-order valence-electron chi connectivity index (χ4n) is 3.81. The van der Waals surface area contributed by atoms with Gasteiger partial charge in [0.05, 0.1) is 10.7 Å². The molecule has 1 aromatic carbocycles. The number of benzene rings is 1. The Hall–Kier alpha value is -1.60. The highest BCUT2D eigenvalue weighted by Crippen LogP contribution is 2.33. The van der Waals surface area contributed by atoms with Gasteiger partial charge in [-0.25, -0.2) is 26.6 Å². The molecule has 2 aromatic rings. The van der Waals surface area contributed by atoms with E-state index >= 15 is 0 Å². The topological polar surface area (TPSA) is 94.6 Å². The number of likely N-dealkylation sites (N-methyl/N-ethyl adjacent to an activating group) is 1. The molecule has 32 heavy (non-hydrogen) atoms. The van der Waals surface area contributed by atoms with Crippen molar-refractivity contribution in [2.75, 3.05) is 23.6 Å². The first-order valence-corrected chi connectivity index (χ1v) is 12.7. The molecule has 7 nitrogen and oxygen atoms in total. The average Bonchev–Trinajstić information content (AvgIpc) is 3.22. The minimum Gasteiger partial charge on any atom is -0.386 e. The van der Waals surface area contributed by atoms with Gasteiger partial charge in [0, 0.05) is 30.2 Å². The van der Waals surface area contributed by atoms with Gasteiger partial charge in [0.2, 0.25) is 0 Å². The molecular formula is C19H24ClF3N4O3S2. The van der Waals surface area contributed by atoms with Crippen LogP contribution in [0.4, 0.5) is 24.0 Å². The van der Waals surface area contributed by atoms with Crippen molar-refractivity contribution in [3.63, 3.8) is 0 Å². The molecule has 1 heterocycles. The molecule has 0 aliphatic heterocycles. The molecule has 3 rings (SSSR count). The van der Waals surface area contributed by atoms with Crippen LogP contribution in [-0.2, 0) is 10.0 Å². The van der Waals surface area contributed by atoms with Crippen molar-refractivity contribution in [1.82, 2.24) is 9.88 Å². The molecule has 0 amide bonds. The molecule has 0 spiro atoms. The Labute approximate surface area is 193 Å². The fraction of sp³-hybridized carbons (Fsp3) is 0.526. The Morgan fingerprint density at radius 1 is 1.34 bits per heavy atom. The average molecular weight is 513 g/mol. The normalized spacial score (nSPS) is 20.5. The van der Waals surface area contributed by atoms with Crippen LogP contribution in [-0.4, -0.2) is 61.6 Å². The van der Waals surface area contributed by atoms with Crippen molar-refractivity contribution >= 4 is 43.8 Å². The van der Waals surface area contributed by atoms with E-state index in [2.05, 4.69) is 15.0 Å². The number of halogens is 4. The lowest BCUT2D eigenvalue weighted by Crippen LogP contribution is -2.50. The minimum absolute atomic E-state index is 0.00510. The monoisotopic (exact) mass is 512 g/mol. The number of aliphatic hydroxyl groups excluding tert-OH is 1. The number of nitrogens with zero attached hydrogens (tertiary/aromatic N) is 2. The number of aliphatic hydroxyl groups is 1. The third-order valence-electron chi connectivity index (χ3n) is 5.37. The van der Waals surface area contributed by atoms with E-state index in [1.54, 1.807) is 17.3 Å². The van der Waals surface area contributed by atoms with Crippen LogP contribution in [0.3, 0.4) is 0 Å². The molecule has 178 valence electrons. The number of thiazole rings is 1. The van der Waals surface area contributed by atoms with E-state index < -0.39 is 33.3 Å². The van der Waals surface area contributed by atoms with E-state index in [4.69, 9.17) is 11.6 Å². The number of sulfonamides is 1. The second-order valence-corrected chi connectivity index (χ2v) is 10.6. The van der Waals surface area contributed by atoms with Gasteiger partial charge >= 0.3 is 0 Å². The molecule has 1 saturated carbocycles. The Kier molecular flexibility index (Phi) is 8.26. The lowest BCUT2D eigenvalue weighted by molar-refractivity contribution is -0.0284. The Morgan fingerprint density at radius 3 is 2.72 bits per heavy atom. The molecule has 1 aliphatic rings. The molecule has 0 saturated heterocycles. The number of hydrogen-bond donors (Lipinski definition) is 3. The maximum absolute atomic E-state index is 14.8. The predicted molar refractivity (Wildman–Crippen MR) is 119 cm³/mol. The molecule has 1 fully saturated rings. The first-order chi connectivity index (χ1) is 15.1. The van der Waals surface area contributed by atoms with Gasteiger partial charge in [0.15, 0.2) is 5.13 Å². The van der Waals surface area contributed by atoms with Crippen molar-refractivity contribution < 1.29 is 26.7 Å². The third-order valence-corrected chi connectivity index (χ3v) is 7.85. The standard InChI is InChI=1S/C19H24ClF3N4O3S2/c1-27(10-16(28)18(22)23)15-5-3-2-4-13(15)25-14-9-12(21)17(8-11(14)20)32(29,30)26-19-24-6-7-31-19/h6-9,13,15-16,18,25,28H,2-5,10H2,1H3,(H,24,26)/t13?,15-,16-/m0/s1. The van der Waals surface area contributed by atoms with E-state index in [0.29, 0.717) is 12.8 Å². The molecule has 13 heteroatoms. The zero-order valence-corrected chi connectivity index (χ0v) is 19.5. The first-order valence-electron chi connectivity index (χ1n) is 9.93. The lowest BCUT2D eigenvalue weighted by Gasteiger charge is -2.39. The summed E-state index contributed by atoms with van der Waals surface area (Å²) in [6, 6.07) is 1.60. The molecule has 1 unspecified atom stereocenters. The van der Waals surface area contributed by atoms with Crippen molar-refractivity contribution in [3.8, 4) is 0 Å². The Bertz CT molecular complexity index is 1010. The fourth-order valence-corrected chi connectivity index (χ4v) is 5.96. The first kappa shape index (κ1) is 25.0. The predicted octanol–water partition coefficient (Wildman–Crippen LogP) is 4.02. The van der Waals surface area contributed by atoms with Gasteiger partial charge in [-0.05, 0) is 32.0 Å². The van der Waals surface area contributed by atoms with Gasteiger partial charge in [-0.3, -0.25) is 9.62 Å². The summed E-state index contributed by atoms with van der Waals surface area (Å²) >= 11 is 7.33. The third kappa shape index (κ3) is 6.04. The van der Waals surface area contributed by atoms with Crippen LogP contribution in [0.2, 0.25) is 5.02 Å². The van der Waals surface area contributed by atoms with E-state index in [9.17, 15) is 26.7 Å². The van der Waals surface area contributed by atoms with Crippen LogP contribution >= 0.6 is 22.9 Å². The van der Waals surface area contributed by atoms with Crippen LogP contribution in [0.1, 0.15) is 25.7 Å². The van der Waals surface area contributed by atoms with Gasteiger partial charge < -0.3 is 10.4 Å². The zero-order valence-electron chi connectivity index (χ0n) is 17.1. The summed E-state index contributed by atoms with van der Waals surface area (Å²) in [6.07, 6.45) is -0.0419. The van der Waals surface area contributed by atoms with Gasteiger partial charge in [-0.15, -0.1) is 11.3 Å². The summed E-state index contributed by atoms with van der Waals surface area (Å²) in [6.45, 7) is -0.206. The summed E-state index contributed by atoms with van der Waals surface area (Å²) in [5.74, 6) is -0.991. The highest BCUT2D eigenvalue weighted by Gasteiger charge is 2.32. The number of alkyl halides is 2. The minimum atomic E-state index is -4.23.